The van der Waals surface area contributed by atoms with E-state index in [1.54, 1.807) is 4.68 Å². The highest BCUT2D eigenvalue weighted by atomic mass is 16.5. The molecule has 0 aromatic carbocycles. The van der Waals surface area contributed by atoms with Gasteiger partial charge in [0, 0.05) is 7.05 Å². The van der Waals surface area contributed by atoms with Gasteiger partial charge in [0.25, 0.3) is 5.89 Å². The molecule has 0 amide bonds. The molecule has 2 aromatic heterocycles. The quantitative estimate of drug-likeness (QED) is 0.938. The third-order valence-electron chi connectivity index (χ3n) is 4.67. The standard InChI is InChI=1S/C15H23N5O/c1-4-11-5-7-15(16,8-6-11)14-17-13(21-19-14)12-9-10(2)18-20(12)3/h9,11H,4-8,16H2,1-3H3. The molecule has 1 saturated carbocycles. The monoisotopic (exact) mass is 289 g/mol. The smallest absolute Gasteiger partial charge is 0.276 e. The van der Waals surface area contributed by atoms with E-state index in [0.29, 0.717) is 11.7 Å². The van der Waals surface area contributed by atoms with Crippen LogP contribution in [0.3, 0.4) is 0 Å². The maximum atomic E-state index is 6.52. The van der Waals surface area contributed by atoms with Gasteiger partial charge in [-0.3, -0.25) is 4.68 Å². The largest absolute Gasteiger partial charge is 0.332 e. The molecule has 2 N–H and O–H groups in total. The van der Waals surface area contributed by atoms with Crippen LogP contribution in [0.2, 0.25) is 0 Å². The van der Waals surface area contributed by atoms with Gasteiger partial charge in [0.15, 0.2) is 5.82 Å². The van der Waals surface area contributed by atoms with Crippen LogP contribution in [0.4, 0.5) is 0 Å². The minimum atomic E-state index is -0.443. The highest BCUT2D eigenvalue weighted by molar-refractivity contribution is 5.47. The van der Waals surface area contributed by atoms with E-state index < -0.39 is 5.54 Å². The minimum absolute atomic E-state index is 0.443. The highest BCUT2D eigenvalue weighted by Gasteiger charge is 2.37. The fourth-order valence-corrected chi connectivity index (χ4v) is 3.17. The van der Waals surface area contributed by atoms with E-state index in [4.69, 9.17) is 10.3 Å². The summed E-state index contributed by atoms with van der Waals surface area (Å²) in [5, 5.41) is 8.44. The van der Waals surface area contributed by atoms with Crippen molar-refractivity contribution in [3.8, 4) is 11.6 Å². The average molecular weight is 289 g/mol. The fraction of sp³-hybridized carbons (Fsp3) is 0.667. The normalized spacial score (nSPS) is 26.2. The molecule has 1 fully saturated rings. The third-order valence-corrected chi connectivity index (χ3v) is 4.67. The molecular formula is C15H23N5O. The predicted molar refractivity (Wildman–Crippen MR) is 79.4 cm³/mol. The zero-order chi connectivity index (χ0) is 15.0. The molecule has 0 bridgehead atoms. The summed E-state index contributed by atoms with van der Waals surface area (Å²) in [7, 11) is 1.87. The van der Waals surface area contributed by atoms with Crippen LogP contribution < -0.4 is 5.73 Å². The molecule has 2 heterocycles. The molecule has 114 valence electrons. The molecule has 0 saturated heterocycles. The van der Waals surface area contributed by atoms with Crippen molar-refractivity contribution in [1.29, 1.82) is 0 Å². The van der Waals surface area contributed by atoms with Gasteiger partial charge in [0.1, 0.15) is 5.69 Å². The lowest BCUT2D eigenvalue weighted by Crippen LogP contribution is -2.41. The van der Waals surface area contributed by atoms with Gasteiger partial charge in [0.2, 0.25) is 0 Å². The molecule has 0 atom stereocenters. The molecule has 6 nitrogen and oxygen atoms in total. The van der Waals surface area contributed by atoms with Crippen molar-refractivity contribution >= 4 is 0 Å². The van der Waals surface area contributed by atoms with Gasteiger partial charge in [-0.2, -0.15) is 10.1 Å². The van der Waals surface area contributed by atoms with Crippen LogP contribution in [-0.2, 0) is 12.6 Å². The van der Waals surface area contributed by atoms with Gasteiger partial charge in [-0.25, -0.2) is 0 Å². The summed E-state index contributed by atoms with van der Waals surface area (Å²) in [6, 6.07) is 1.94. The van der Waals surface area contributed by atoms with E-state index in [1.807, 2.05) is 20.0 Å². The summed E-state index contributed by atoms with van der Waals surface area (Å²) < 4.78 is 7.17. The number of rotatable bonds is 3. The summed E-state index contributed by atoms with van der Waals surface area (Å²) in [6.07, 6.45) is 5.36. The van der Waals surface area contributed by atoms with Crippen LogP contribution in [0.25, 0.3) is 11.6 Å². The molecule has 6 heteroatoms. The first-order chi connectivity index (χ1) is 10.0. The SMILES string of the molecule is CCC1CCC(N)(c2noc(-c3cc(C)nn3C)n2)CC1. The van der Waals surface area contributed by atoms with Crippen molar-refractivity contribution in [1.82, 2.24) is 19.9 Å². The van der Waals surface area contributed by atoms with Crippen LogP contribution in [0, 0.1) is 12.8 Å². The number of hydrogen-bond donors (Lipinski definition) is 1. The molecule has 3 rings (SSSR count). The van der Waals surface area contributed by atoms with Crippen molar-refractivity contribution in [2.45, 2.75) is 51.5 Å². The van der Waals surface area contributed by atoms with Crippen molar-refractivity contribution in [2.24, 2.45) is 18.7 Å². The zero-order valence-electron chi connectivity index (χ0n) is 13.0. The number of nitrogens with zero attached hydrogens (tertiary/aromatic N) is 4. The molecule has 0 unspecified atom stereocenters. The topological polar surface area (TPSA) is 82.8 Å². The van der Waals surface area contributed by atoms with Gasteiger partial charge in [-0.1, -0.05) is 18.5 Å². The Bertz CT molecular complexity index is 622. The summed E-state index contributed by atoms with van der Waals surface area (Å²) >= 11 is 0. The number of aryl methyl sites for hydroxylation is 2. The summed E-state index contributed by atoms with van der Waals surface area (Å²) in [5.41, 5.74) is 7.84. The van der Waals surface area contributed by atoms with E-state index in [2.05, 4.69) is 22.2 Å². The summed E-state index contributed by atoms with van der Waals surface area (Å²) in [4.78, 5) is 4.54. The minimum Gasteiger partial charge on any atom is -0.332 e. The van der Waals surface area contributed by atoms with E-state index >= 15 is 0 Å². The Labute approximate surface area is 124 Å². The van der Waals surface area contributed by atoms with E-state index in [1.165, 1.54) is 6.42 Å². The Morgan fingerprint density at radius 2 is 2.14 bits per heavy atom. The predicted octanol–water partition coefficient (Wildman–Crippen LogP) is 2.53. The lowest BCUT2D eigenvalue weighted by Gasteiger charge is -2.34. The van der Waals surface area contributed by atoms with Crippen LogP contribution in [0.5, 0.6) is 0 Å². The van der Waals surface area contributed by atoms with Crippen LogP contribution in [0.1, 0.15) is 50.5 Å². The van der Waals surface area contributed by atoms with Gasteiger partial charge in [-0.15, -0.1) is 0 Å². The maximum Gasteiger partial charge on any atom is 0.276 e. The molecule has 1 aliphatic rings. The number of nitrogens with two attached hydrogens (primary N) is 1. The van der Waals surface area contributed by atoms with Crippen LogP contribution >= 0.6 is 0 Å². The fourth-order valence-electron chi connectivity index (χ4n) is 3.17. The van der Waals surface area contributed by atoms with E-state index in [9.17, 15) is 0 Å². The van der Waals surface area contributed by atoms with Crippen molar-refractivity contribution in [2.75, 3.05) is 0 Å². The Kier molecular flexibility index (Phi) is 3.57. The second-order valence-electron chi connectivity index (χ2n) is 6.23. The van der Waals surface area contributed by atoms with Crippen molar-refractivity contribution in [3.05, 3.63) is 17.6 Å². The molecular weight excluding hydrogens is 266 g/mol. The Morgan fingerprint density at radius 3 is 2.71 bits per heavy atom. The number of aromatic nitrogens is 4. The van der Waals surface area contributed by atoms with Crippen molar-refractivity contribution in [3.63, 3.8) is 0 Å². The van der Waals surface area contributed by atoms with Crippen LogP contribution in [-0.4, -0.2) is 19.9 Å². The second-order valence-corrected chi connectivity index (χ2v) is 6.23. The lowest BCUT2D eigenvalue weighted by molar-refractivity contribution is 0.216. The number of hydrogen-bond acceptors (Lipinski definition) is 5. The molecule has 21 heavy (non-hydrogen) atoms. The molecule has 0 spiro atoms. The second kappa shape index (κ2) is 5.26. The van der Waals surface area contributed by atoms with Crippen molar-refractivity contribution < 1.29 is 4.52 Å². The van der Waals surface area contributed by atoms with E-state index in [0.717, 1.165) is 43.0 Å². The van der Waals surface area contributed by atoms with Gasteiger partial charge < -0.3 is 10.3 Å². The molecule has 0 aliphatic heterocycles. The lowest BCUT2D eigenvalue weighted by atomic mass is 9.76. The van der Waals surface area contributed by atoms with Gasteiger partial charge >= 0.3 is 0 Å². The Hall–Kier alpha value is -1.69. The molecule has 2 aromatic rings. The van der Waals surface area contributed by atoms with Crippen LogP contribution in [0.15, 0.2) is 10.6 Å². The Morgan fingerprint density at radius 1 is 1.43 bits per heavy atom. The summed E-state index contributed by atoms with van der Waals surface area (Å²) in [5.74, 6) is 1.91. The summed E-state index contributed by atoms with van der Waals surface area (Å²) in [6.45, 7) is 4.18. The van der Waals surface area contributed by atoms with Gasteiger partial charge in [0.05, 0.1) is 11.2 Å². The first-order valence-corrected chi connectivity index (χ1v) is 7.66. The van der Waals surface area contributed by atoms with Gasteiger partial charge in [-0.05, 0) is 44.6 Å². The third kappa shape index (κ3) is 2.60. The van der Waals surface area contributed by atoms with E-state index in [-0.39, 0.29) is 0 Å². The average Bonchev–Trinajstić information content (AvgIpc) is 3.06. The molecule has 0 radical (unpaired) electrons. The highest BCUT2D eigenvalue weighted by Crippen LogP contribution is 2.37. The zero-order valence-corrected chi connectivity index (χ0v) is 13.0. The molecule has 1 aliphatic carbocycles. The maximum absolute atomic E-state index is 6.52. The first kappa shape index (κ1) is 14.3. The Balaban J connectivity index is 1.83. The first-order valence-electron chi connectivity index (χ1n) is 7.66.